The van der Waals surface area contributed by atoms with Crippen molar-refractivity contribution >= 4 is 24.3 Å². The van der Waals surface area contributed by atoms with Gasteiger partial charge in [0.05, 0.1) is 22.9 Å². The fourth-order valence-electron chi connectivity index (χ4n) is 2.02. The van der Waals surface area contributed by atoms with Crippen molar-refractivity contribution in [3.63, 3.8) is 0 Å². The molecule has 1 aromatic heterocycles. The molecular weight excluding hydrogens is 276 g/mol. The van der Waals surface area contributed by atoms with Crippen LogP contribution in [-0.2, 0) is 9.31 Å². The van der Waals surface area contributed by atoms with Crippen LogP contribution in [0.25, 0.3) is 0 Å². The second-order valence-corrected chi connectivity index (χ2v) is 6.79. The Hall–Kier alpha value is -0.775. The van der Waals surface area contributed by atoms with Gasteiger partial charge in [0.25, 0.3) is 0 Å². The molecule has 0 unspecified atom stereocenters. The van der Waals surface area contributed by atoms with E-state index in [1.807, 2.05) is 27.7 Å². The van der Waals surface area contributed by atoms with E-state index in [1.54, 1.807) is 12.3 Å². The van der Waals surface area contributed by atoms with Gasteiger partial charge in [-0.15, -0.1) is 0 Å². The van der Waals surface area contributed by atoms with Crippen molar-refractivity contribution < 1.29 is 14.0 Å². The Labute approximate surface area is 124 Å². The summed E-state index contributed by atoms with van der Waals surface area (Å²) in [7, 11) is -0.560. The molecule has 4 nitrogen and oxygen atoms in total. The monoisotopic (exact) mass is 295 g/mol. The quantitative estimate of drug-likeness (QED) is 0.804. The molecule has 108 valence electrons. The molecule has 1 saturated heterocycles. The van der Waals surface area contributed by atoms with Crippen LogP contribution in [0.3, 0.4) is 0 Å². The molecule has 0 atom stereocenters. The van der Waals surface area contributed by atoms with Crippen LogP contribution in [0.2, 0.25) is 5.02 Å². The molecule has 0 aromatic carbocycles. The van der Waals surface area contributed by atoms with Crippen LogP contribution in [0.1, 0.15) is 40.5 Å². The number of nitrogens with zero attached hydrogens (tertiary/aromatic N) is 1. The molecule has 20 heavy (non-hydrogen) atoms. The Morgan fingerprint density at radius 1 is 1.25 bits per heavy atom. The van der Waals surface area contributed by atoms with Crippen molar-refractivity contribution in [1.82, 2.24) is 4.98 Å². The maximum absolute atomic E-state index is 6.40. The molecule has 0 N–H and O–H groups in total. The Bertz CT molecular complexity index is 515. The smallest absolute Gasteiger partial charge is 0.489 e. The lowest BCUT2D eigenvalue weighted by atomic mass is 9.84. The van der Waals surface area contributed by atoms with Gasteiger partial charge in [-0.3, -0.25) is 4.98 Å². The lowest BCUT2D eigenvalue weighted by molar-refractivity contribution is 0.00578. The van der Waals surface area contributed by atoms with Crippen molar-refractivity contribution in [1.29, 1.82) is 0 Å². The minimum atomic E-state index is -0.560. The SMILES string of the molecule is CC1(C)OB(c2nccc(OC3CC3)c2Cl)OC1(C)C. The molecule has 0 radical (unpaired) electrons. The molecule has 0 bridgehead atoms. The lowest BCUT2D eigenvalue weighted by Crippen LogP contribution is -2.41. The van der Waals surface area contributed by atoms with Gasteiger partial charge in [-0.2, -0.15) is 0 Å². The number of rotatable bonds is 3. The molecule has 2 fully saturated rings. The average molecular weight is 296 g/mol. The van der Waals surface area contributed by atoms with Crippen molar-refractivity contribution in [2.45, 2.75) is 57.8 Å². The molecular formula is C14H19BClNO3. The van der Waals surface area contributed by atoms with Crippen LogP contribution in [0.4, 0.5) is 0 Å². The summed E-state index contributed by atoms with van der Waals surface area (Å²) in [5.74, 6) is 0.661. The van der Waals surface area contributed by atoms with Gasteiger partial charge >= 0.3 is 7.12 Å². The predicted octanol–water partition coefficient (Wildman–Crippen LogP) is 2.58. The average Bonchev–Trinajstić information content (AvgIpc) is 3.10. The van der Waals surface area contributed by atoms with Crippen LogP contribution in [-0.4, -0.2) is 29.4 Å². The largest absolute Gasteiger partial charge is 0.516 e. The second kappa shape index (κ2) is 4.62. The van der Waals surface area contributed by atoms with Gasteiger partial charge < -0.3 is 14.0 Å². The number of halogens is 1. The van der Waals surface area contributed by atoms with Gasteiger partial charge in [0.15, 0.2) is 0 Å². The fourth-order valence-corrected chi connectivity index (χ4v) is 2.26. The molecule has 6 heteroatoms. The van der Waals surface area contributed by atoms with E-state index in [4.69, 9.17) is 25.6 Å². The summed E-state index contributed by atoms with van der Waals surface area (Å²) in [6.45, 7) is 8.02. The summed E-state index contributed by atoms with van der Waals surface area (Å²) >= 11 is 6.40. The highest BCUT2D eigenvalue weighted by atomic mass is 35.5. The molecule has 0 amide bonds. The standard InChI is InChI=1S/C14H19BClNO3/c1-13(2)14(3,4)20-15(19-13)12-11(16)10(7-8-17-12)18-9-5-6-9/h7-9H,5-6H2,1-4H3. The van der Waals surface area contributed by atoms with Crippen LogP contribution >= 0.6 is 11.6 Å². The Morgan fingerprint density at radius 3 is 2.40 bits per heavy atom. The first-order valence-corrected chi connectivity index (χ1v) is 7.35. The van der Waals surface area contributed by atoms with Crippen LogP contribution in [0.15, 0.2) is 12.3 Å². The Balaban J connectivity index is 1.87. The number of hydrogen-bond acceptors (Lipinski definition) is 4. The van der Waals surface area contributed by atoms with Crippen molar-refractivity contribution in [3.05, 3.63) is 17.3 Å². The van der Waals surface area contributed by atoms with E-state index in [0.717, 1.165) is 12.8 Å². The third-order valence-corrected chi connectivity index (χ3v) is 4.56. The topological polar surface area (TPSA) is 40.6 Å². The number of aromatic nitrogens is 1. The zero-order chi connectivity index (χ0) is 14.5. The van der Waals surface area contributed by atoms with Crippen LogP contribution in [0.5, 0.6) is 5.75 Å². The van der Waals surface area contributed by atoms with Gasteiger partial charge in [0.1, 0.15) is 10.8 Å². The van der Waals surface area contributed by atoms with E-state index in [2.05, 4.69) is 4.98 Å². The maximum atomic E-state index is 6.40. The highest BCUT2D eigenvalue weighted by Crippen LogP contribution is 2.38. The zero-order valence-electron chi connectivity index (χ0n) is 12.3. The fraction of sp³-hybridized carbons (Fsp3) is 0.643. The lowest BCUT2D eigenvalue weighted by Gasteiger charge is -2.32. The Morgan fingerprint density at radius 2 is 1.85 bits per heavy atom. The van der Waals surface area contributed by atoms with E-state index in [1.165, 1.54) is 0 Å². The molecule has 2 aliphatic rings. The highest BCUT2D eigenvalue weighted by molar-refractivity contribution is 6.65. The first-order valence-electron chi connectivity index (χ1n) is 6.97. The third-order valence-electron chi connectivity index (χ3n) is 4.18. The Kier molecular flexibility index (Phi) is 3.27. The summed E-state index contributed by atoms with van der Waals surface area (Å²) in [6.07, 6.45) is 4.15. The summed E-state index contributed by atoms with van der Waals surface area (Å²) < 4.78 is 17.7. The predicted molar refractivity (Wildman–Crippen MR) is 78.6 cm³/mol. The molecule has 1 aromatic rings. The van der Waals surface area contributed by atoms with Gasteiger partial charge in [-0.05, 0) is 46.6 Å². The van der Waals surface area contributed by atoms with Gasteiger partial charge in [0, 0.05) is 6.20 Å². The zero-order valence-corrected chi connectivity index (χ0v) is 13.0. The van der Waals surface area contributed by atoms with E-state index in [-0.39, 0.29) is 0 Å². The number of hydrogen-bond donors (Lipinski definition) is 0. The van der Waals surface area contributed by atoms with E-state index in [9.17, 15) is 0 Å². The van der Waals surface area contributed by atoms with E-state index in [0.29, 0.717) is 22.5 Å². The first-order chi connectivity index (χ1) is 9.30. The second-order valence-electron chi connectivity index (χ2n) is 6.41. The van der Waals surface area contributed by atoms with E-state index >= 15 is 0 Å². The summed E-state index contributed by atoms with van der Waals surface area (Å²) in [5.41, 5.74) is -0.227. The molecule has 1 saturated carbocycles. The number of pyridine rings is 1. The highest BCUT2D eigenvalue weighted by Gasteiger charge is 2.53. The first kappa shape index (κ1) is 14.2. The minimum absolute atomic E-state index is 0.293. The third kappa shape index (κ3) is 2.43. The molecule has 0 spiro atoms. The molecule has 2 heterocycles. The normalized spacial score (nSPS) is 23.9. The van der Waals surface area contributed by atoms with Gasteiger partial charge in [0.2, 0.25) is 0 Å². The molecule has 1 aliphatic heterocycles. The maximum Gasteiger partial charge on any atom is 0.516 e. The van der Waals surface area contributed by atoms with Crippen LogP contribution in [0, 0.1) is 0 Å². The summed E-state index contributed by atoms with van der Waals surface area (Å²) in [6, 6.07) is 1.79. The minimum Gasteiger partial charge on any atom is -0.489 e. The van der Waals surface area contributed by atoms with Crippen molar-refractivity contribution in [3.8, 4) is 5.75 Å². The molecule has 1 aliphatic carbocycles. The summed E-state index contributed by atoms with van der Waals surface area (Å²) in [5, 5.41) is 0.484. The van der Waals surface area contributed by atoms with Crippen molar-refractivity contribution in [2.75, 3.05) is 0 Å². The number of ether oxygens (including phenoxy) is 1. The van der Waals surface area contributed by atoms with Gasteiger partial charge in [-0.25, -0.2) is 0 Å². The van der Waals surface area contributed by atoms with E-state index < -0.39 is 18.3 Å². The van der Waals surface area contributed by atoms with Crippen molar-refractivity contribution in [2.24, 2.45) is 0 Å². The van der Waals surface area contributed by atoms with Gasteiger partial charge in [-0.1, -0.05) is 11.6 Å². The summed E-state index contributed by atoms with van der Waals surface area (Å²) in [4.78, 5) is 4.32. The van der Waals surface area contributed by atoms with Crippen LogP contribution < -0.4 is 10.3 Å². The molecule has 3 rings (SSSR count).